The quantitative estimate of drug-likeness (QED) is 0.177. The van der Waals surface area contributed by atoms with E-state index in [1.165, 1.54) is 77.7 Å². The van der Waals surface area contributed by atoms with Gasteiger partial charge in [0.2, 0.25) is 0 Å². The van der Waals surface area contributed by atoms with Crippen molar-refractivity contribution >= 4 is 33.1 Å². The number of hydrogen-bond acceptors (Lipinski definition) is 1. The molecule has 3 aliphatic carbocycles. The molecule has 1 heterocycles. The fourth-order valence-corrected chi connectivity index (χ4v) is 9.35. The predicted octanol–water partition coefficient (Wildman–Crippen LogP) is 13.3. The summed E-state index contributed by atoms with van der Waals surface area (Å²) in [4.78, 5) is 5.15. The smallest absolute Gasteiger partial charge is 0.145 e. The van der Waals surface area contributed by atoms with Crippen molar-refractivity contribution in [1.82, 2.24) is 9.55 Å². The van der Waals surface area contributed by atoms with E-state index in [1.54, 1.807) is 0 Å². The Labute approximate surface area is 309 Å². The molecule has 1 aromatic heterocycles. The van der Waals surface area contributed by atoms with E-state index in [0.29, 0.717) is 0 Å². The van der Waals surface area contributed by atoms with Gasteiger partial charge in [-0.25, -0.2) is 4.98 Å². The lowest BCUT2D eigenvalue weighted by Gasteiger charge is -2.26. The third-order valence-corrected chi connectivity index (χ3v) is 11.5. The number of aromatic nitrogens is 2. The average molecular weight is 677 g/mol. The standard InChI is InChI=1S/C51H36N2/c1-4-15-34(16-5-1)46-40-21-10-11-22-41(40)47(35-17-6-2-7-18-35)50-43-32-31-38(39-23-14-24-42(48(39)43)49(46)50)33-27-29-36(30-28-33)51-52-44-25-12-13-26-45(44)53(51)37-19-8-3-9-20-37/h1-2,4-8,10-31,43H,3,9,32H2. The van der Waals surface area contributed by atoms with Crippen molar-refractivity contribution in [2.75, 3.05) is 0 Å². The van der Waals surface area contributed by atoms with Gasteiger partial charge in [-0.15, -0.1) is 0 Å². The number of allylic oxidation sites excluding steroid dienone is 5. The van der Waals surface area contributed by atoms with Crippen molar-refractivity contribution < 1.29 is 0 Å². The van der Waals surface area contributed by atoms with Crippen LogP contribution in [0.4, 0.5) is 0 Å². The lowest BCUT2D eigenvalue weighted by molar-refractivity contribution is 0.842. The third kappa shape index (κ3) is 4.62. The van der Waals surface area contributed by atoms with E-state index in [1.807, 2.05) is 0 Å². The zero-order valence-corrected chi connectivity index (χ0v) is 29.3. The van der Waals surface area contributed by atoms with Crippen LogP contribution >= 0.6 is 0 Å². The minimum absolute atomic E-state index is 0.276. The Balaban J connectivity index is 1.08. The molecule has 8 aromatic rings. The van der Waals surface area contributed by atoms with Gasteiger partial charge in [-0.3, -0.25) is 4.57 Å². The third-order valence-electron chi connectivity index (χ3n) is 11.5. The highest BCUT2D eigenvalue weighted by atomic mass is 15.1. The Hall–Kier alpha value is -6.51. The Morgan fingerprint density at radius 3 is 1.91 bits per heavy atom. The Morgan fingerprint density at radius 2 is 1.15 bits per heavy atom. The Morgan fingerprint density at radius 1 is 0.491 bits per heavy atom. The number of fused-ring (bicyclic) bond motifs is 5. The molecule has 0 saturated heterocycles. The summed E-state index contributed by atoms with van der Waals surface area (Å²) in [7, 11) is 0. The van der Waals surface area contributed by atoms with Crippen LogP contribution in [0.25, 0.3) is 77.8 Å². The van der Waals surface area contributed by atoms with Gasteiger partial charge in [-0.05, 0) is 109 Å². The van der Waals surface area contributed by atoms with E-state index >= 15 is 0 Å². The van der Waals surface area contributed by atoms with E-state index in [4.69, 9.17) is 4.98 Å². The monoisotopic (exact) mass is 676 g/mol. The van der Waals surface area contributed by atoms with E-state index in [2.05, 4.69) is 181 Å². The molecule has 3 aliphatic rings. The highest BCUT2D eigenvalue weighted by Crippen LogP contribution is 2.60. The van der Waals surface area contributed by atoms with Gasteiger partial charge >= 0.3 is 0 Å². The van der Waals surface area contributed by atoms with Crippen molar-refractivity contribution in [3.8, 4) is 44.8 Å². The fraction of sp³-hybridized carbons (Fsp3) is 0.0784. The highest BCUT2D eigenvalue weighted by Gasteiger charge is 2.38. The number of hydrogen-bond donors (Lipinski definition) is 0. The van der Waals surface area contributed by atoms with Crippen molar-refractivity contribution in [2.24, 2.45) is 0 Å². The molecule has 250 valence electrons. The van der Waals surface area contributed by atoms with Crippen molar-refractivity contribution in [3.05, 3.63) is 198 Å². The number of imidazole rings is 1. The molecular weight excluding hydrogens is 641 g/mol. The van der Waals surface area contributed by atoms with Gasteiger partial charge in [0, 0.05) is 17.2 Å². The minimum atomic E-state index is 0.276. The molecular formula is C51H36N2. The molecule has 0 amide bonds. The fourth-order valence-electron chi connectivity index (χ4n) is 9.35. The second kappa shape index (κ2) is 12.0. The molecule has 1 unspecified atom stereocenters. The first-order valence-electron chi connectivity index (χ1n) is 18.8. The molecule has 0 radical (unpaired) electrons. The van der Waals surface area contributed by atoms with Gasteiger partial charge in [0.15, 0.2) is 0 Å². The van der Waals surface area contributed by atoms with Crippen LogP contribution in [-0.4, -0.2) is 9.55 Å². The molecule has 0 N–H and O–H groups in total. The van der Waals surface area contributed by atoms with Crippen LogP contribution in [0.3, 0.4) is 0 Å². The van der Waals surface area contributed by atoms with E-state index < -0.39 is 0 Å². The zero-order valence-electron chi connectivity index (χ0n) is 29.3. The maximum Gasteiger partial charge on any atom is 0.145 e. The second-order valence-electron chi connectivity index (χ2n) is 14.4. The molecule has 0 spiro atoms. The molecule has 7 aromatic carbocycles. The number of rotatable bonds is 5. The molecule has 0 saturated carbocycles. The Bertz CT molecular complexity index is 2830. The maximum absolute atomic E-state index is 5.15. The van der Waals surface area contributed by atoms with Crippen molar-refractivity contribution in [1.29, 1.82) is 0 Å². The topological polar surface area (TPSA) is 17.8 Å². The van der Waals surface area contributed by atoms with Crippen molar-refractivity contribution in [3.63, 3.8) is 0 Å². The first-order chi connectivity index (χ1) is 26.3. The number of benzene rings is 7. The highest BCUT2D eigenvalue weighted by molar-refractivity contribution is 6.15. The molecule has 2 nitrogen and oxygen atoms in total. The average Bonchev–Trinajstić information content (AvgIpc) is 3.78. The van der Waals surface area contributed by atoms with Crippen LogP contribution < -0.4 is 0 Å². The van der Waals surface area contributed by atoms with Crippen LogP contribution in [-0.2, 0) is 0 Å². The molecule has 0 bridgehead atoms. The van der Waals surface area contributed by atoms with Crippen LogP contribution in [0, 0.1) is 0 Å². The van der Waals surface area contributed by atoms with E-state index in [-0.39, 0.29) is 5.92 Å². The summed E-state index contributed by atoms with van der Waals surface area (Å²) < 4.78 is 2.32. The summed E-state index contributed by atoms with van der Waals surface area (Å²) in [6.07, 6.45) is 12.4. The van der Waals surface area contributed by atoms with Crippen LogP contribution in [0.15, 0.2) is 176 Å². The summed E-state index contributed by atoms with van der Waals surface area (Å²) in [5, 5.41) is 2.63. The van der Waals surface area contributed by atoms with E-state index in [0.717, 1.165) is 41.7 Å². The van der Waals surface area contributed by atoms with Crippen LogP contribution in [0.5, 0.6) is 0 Å². The largest absolute Gasteiger partial charge is 0.293 e. The summed E-state index contributed by atoms with van der Waals surface area (Å²) >= 11 is 0. The van der Waals surface area contributed by atoms with Gasteiger partial charge in [-0.1, -0.05) is 158 Å². The summed E-state index contributed by atoms with van der Waals surface area (Å²) in [6.45, 7) is 0. The first kappa shape index (κ1) is 30.1. The summed E-state index contributed by atoms with van der Waals surface area (Å²) in [5.41, 5.74) is 19.3. The normalized spacial score (nSPS) is 15.7. The first-order valence-corrected chi connectivity index (χ1v) is 18.8. The van der Waals surface area contributed by atoms with Crippen LogP contribution in [0.1, 0.15) is 47.4 Å². The minimum Gasteiger partial charge on any atom is -0.293 e. The van der Waals surface area contributed by atoms with Gasteiger partial charge in [0.1, 0.15) is 5.82 Å². The number of nitrogens with zero attached hydrogens (tertiary/aromatic N) is 2. The molecule has 0 fully saturated rings. The van der Waals surface area contributed by atoms with Gasteiger partial charge in [0.25, 0.3) is 0 Å². The summed E-state index contributed by atoms with van der Waals surface area (Å²) in [6, 6.07) is 55.7. The van der Waals surface area contributed by atoms with Crippen LogP contribution in [0.2, 0.25) is 0 Å². The molecule has 1 atom stereocenters. The summed E-state index contributed by atoms with van der Waals surface area (Å²) in [5.74, 6) is 1.26. The predicted molar refractivity (Wildman–Crippen MR) is 222 cm³/mol. The SMILES string of the molecule is C1=CC(n2c(-c3ccc(C4=CCC5c6c4cccc6-c4c5c(-c5ccccc5)c5ccccc5c4-c4ccccc4)cc3)nc3ccccc32)=CCC1. The maximum atomic E-state index is 5.15. The molecule has 53 heavy (non-hydrogen) atoms. The van der Waals surface area contributed by atoms with Crippen molar-refractivity contribution in [2.45, 2.75) is 25.2 Å². The number of para-hydroxylation sites is 2. The van der Waals surface area contributed by atoms with E-state index in [9.17, 15) is 0 Å². The van der Waals surface area contributed by atoms with Gasteiger partial charge in [-0.2, -0.15) is 0 Å². The van der Waals surface area contributed by atoms with Gasteiger partial charge in [0.05, 0.1) is 11.0 Å². The lowest BCUT2D eigenvalue weighted by atomic mass is 9.77. The lowest BCUT2D eigenvalue weighted by Crippen LogP contribution is -2.07. The zero-order chi connectivity index (χ0) is 34.9. The van der Waals surface area contributed by atoms with Gasteiger partial charge < -0.3 is 0 Å². The Kier molecular flexibility index (Phi) is 6.85. The molecule has 0 aliphatic heterocycles. The second-order valence-corrected chi connectivity index (χ2v) is 14.4. The molecule has 11 rings (SSSR count). The molecule has 2 heteroatoms.